The summed E-state index contributed by atoms with van der Waals surface area (Å²) in [5.74, 6) is -1.16. The van der Waals surface area contributed by atoms with E-state index in [0.717, 1.165) is 6.42 Å². The number of fused-ring (bicyclic) bond motifs is 1. The molecule has 126 valence electrons. The second-order valence-corrected chi connectivity index (χ2v) is 7.46. The fourth-order valence-corrected chi connectivity index (χ4v) is 3.96. The van der Waals surface area contributed by atoms with Crippen LogP contribution in [-0.2, 0) is 21.2 Å². The normalized spacial score (nSPS) is 16.0. The zero-order chi connectivity index (χ0) is 17.0. The third-order valence-corrected chi connectivity index (χ3v) is 5.45. The van der Waals surface area contributed by atoms with E-state index in [4.69, 9.17) is 5.11 Å². The van der Waals surface area contributed by atoms with Crippen LogP contribution < -0.4 is 4.72 Å². The lowest BCUT2D eigenvalue weighted by atomic mass is 9.91. The van der Waals surface area contributed by atoms with Crippen molar-refractivity contribution in [1.29, 1.82) is 0 Å². The Morgan fingerprint density at radius 3 is 2.74 bits per heavy atom. The molecule has 0 saturated carbocycles. The lowest BCUT2D eigenvalue weighted by molar-refractivity contribution is -0.139. The lowest BCUT2D eigenvalue weighted by Gasteiger charge is -2.18. The quantitative estimate of drug-likeness (QED) is 0.792. The number of ketones is 1. The number of rotatable bonds is 7. The summed E-state index contributed by atoms with van der Waals surface area (Å²) >= 11 is 0. The molecule has 0 bridgehead atoms. The van der Waals surface area contributed by atoms with Crippen molar-refractivity contribution < 1.29 is 23.1 Å². The number of benzene rings is 1. The van der Waals surface area contributed by atoms with Crippen LogP contribution in [0, 0.1) is 0 Å². The molecule has 1 unspecified atom stereocenters. The van der Waals surface area contributed by atoms with Crippen molar-refractivity contribution in [2.75, 3.05) is 0 Å². The number of nitrogens with one attached hydrogen (secondary N) is 1. The Balaban J connectivity index is 2.25. The molecule has 1 atom stereocenters. The molecule has 1 aliphatic carbocycles. The highest BCUT2D eigenvalue weighted by Gasteiger charge is 2.26. The van der Waals surface area contributed by atoms with Crippen molar-refractivity contribution in [1.82, 2.24) is 4.72 Å². The number of carbonyl (C=O) groups excluding carboxylic acids is 1. The topological polar surface area (TPSA) is 101 Å². The summed E-state index contributed by atoms with van der Waals surface area (Å²) in [6.07, 6.45) is 3.49. The second kappa shape index (κ2) is 7.23. The number of aryl methyl sites for hydroxylation is 1. The van der Waals surface area contributed by atoms with Gasteiger partial charge in [0.15, 0.2) is 5.78 Å². The molecule has 0 aliphatic heterocycles. The predicted octanol–water partition coefficient (Wildman–Crippen LogP) is 2.13. The Morgan fingerprint density at radius 1 is 1.35 bits per heavy atom. The summed E-state index contributed by atoms with van der Waals surface area (Å²) in [5.41, 5.74) is 1.28. The van der Waals surface area contributed by atoms with Crippen molar-refractivity contribution in [2.45, 2.75) is 56.4 Å². The van der Waals surface area contributed by atoms with Gasteiger partial charge in [-0.1, -0.05) is 19.8 Å². The molecule has 23 heavy (non-hydrogen) atoms. The van der Waals surface area contributed by atoms with E-state index in [9.17, 15) is 18.0 Å². The van der Waals surface area contributed by atoms with Gasteiger partial charge in [0, 0.05) is 12.0 Å². The number of carbonyl (C=O) groups is 2. The van der Waals surface area contributed by atoms with Gasteiger partial charge < -0.3 is 5.11 Å². The smallest absolute Gasteiger partial charge is 0.321 e. The van der Waals surface area contributed by atoms with Crippen molar-refractivity contribution in [3.63, 3.8) is 0 Å². The monoisotopic (exact) mass is 339 g/mol. The van der Waals surface area contributed by atoms with E-state index < -0.39 is 22.0 Å². The summed E-state index contributed by atoms with van der Waals surface area (Å²) in [4.78, 5) is 23.0. The van der Waals surface area contributed by atoms with Crippen LogP contribution in [0.15, 0.2) is 23.1 Å². The molecule has 1 aliphatic rings. The third-order valence-electron chi connectivity index (χ3n) is 3.98. The summed E-state index contributed by atoms with van der Waals surface area (Å²) in [6, 6.07) is 3.22. The molecule has 1 aromatic carbocycles. The second-order valence-electron chi connectivity index (χ2n) is 5.75. The molecule has 0 aromatic heterocycles. The fourth-order valence-electron chi connectivity index (χ4n) is 2.69. The fraction of sp³-hybridized carbons (Fsp3) is 0.500. The third kappa shape index (κ3) is 4.17. The molecule has 0 amide bonds. The van der Waals surface area contributed by atoms with E-state index in [-0.39, 0.29) is 17.1 Å². The Hall–Kier alpha value is -1.73. The van der Waals surface area contributed by atoms with Crippen LogP contribution in [0.25, 0.3) is 0 Å². The highest BCUT2D eigenvalue weighted by atomic mass is 32.2. The molecular formula is C16H21NO5S. The first-order valence-corrected chi connectivity index (χ1v) is 9.24. The number of sulfonamides is 1. The first-order chi connectivity index (χ1) is 10.8. The largest absolute Gasteiger partial charge is 0.480 e. The minimum absolute atomic E-state index is 0.00805. The Kier molecular flexibility index (Phi) is 5.54. The Morgan fingerprint density at radius 2 is 2.09 bits per heavy atom. The maximum Gasteiger partial charge on any atom is 0.321 e. The van der Waals surface area contributed by atoms with Crippen LogP contribution in [-0.4, -0.2) is 31.3 Å². The number of unbranched alkanes of at least 4 members (excludes halogenated alkanes) is 1. The van der Waals surface area contributed by atoms with Gasteiger partial charge in [0.1, 0.15) is 6.04 Å². The molecule has 0 fully saturated rings. The zero-order valence-electron chi connectivity index (χ0n) is 13.0. The van der Waals surface area contributed by atoms with Crippen LogP contribution in [0.1, 0.15) is 54.9 Å². The Labute approximate surface area is 136 Å². The van der Waals surface area contributed by atoms with Crippen LogP contribution >= 0.6 is 0 Å². The van der Waals surface area contributed by atoms with E-state index in [1.54, 1.807) is 0 Å². The van der Waals surface area contributed by atoms with E-state index in [0.29, 0.717) is 36.8 Å². The average Bonchev–Trinajstić information content (AvgIpc) is 2.51. The van der Waals surface area contributed by atoms with Crippen molar-refractivity contribution in [2.24, 2.45) is 0 Å². The maximum atomic E-state index is 12.4. The summed E-state index contributed by atoms with van der Waals surface area (Å²) in [7, 11) is -3.93. The first-order valence-electron chi connectivity index (χ1n) is 7.76. The molecule has 0 heterocycles. The molecule has 0 saturated heterocycles. The van der Waals surface area contributed by atoms with Gasteiger partial charge in [-0.25, -0.2) is 8.42 Å². The highest BCUT2D eigenvalue weighted by Crippen LogP contribution is 2.24. The Bertz CT molecular complexity index is 711. The number of aliphatic carboxylic acids is 1. The molecule has 2 rings (SSSR count). The number of carboxylic acids is 1. The van der Waals surface area contributed by atoms with Crippen molar-refractivity contribution >= 4 is 21.8 Å². The van der Waals surface area contributed by atoms with Gasteiger partial charge in [-0.15, -0.1) is 0 Å². The van der Waals surface area contributed by atoms with Crippen LogP contribution in [0.5, 0.6) is 0 Å². The lowest BCUT2D eigenvalue weighted by Crippen LogP contribution is -2.40. The van der Waals surface area contributed by atoms with Crippen LogP contribution in [0.2, 0.25) is 0 Å². The van der Waals surface area contributed by atoms with E-state index >= 15 is 0 Å². The zero-order valence-corrected chi connectivity index (χ0v) is 13.9. The van der Waals surface area contributed by atoms with Crippen LogP contribution in [0.3, 0.4) is 0 Å². The first kappa shape index (κ1) is 17.6. The molecule has 0 radical (unpaired) electrons. The van der Waals surface area contributed by atoms with Gasteiger partial charge in [0.2, 0.25) is 10.0 Å². The standard InChI is InChI=1S/C16H21NO5S/c1-2-3-6-14(16(19)20)17-23(21,22)12-8-9-13-11(10-12)5-4-7-15(13)18/h8-10,14,17H,2-7H2,1H3,(H,19,20). The number of Topliss-reactive ketones (excluding diaryl/α,β-unsaturated/α-hetero) is 1. The number of hydrogen-bond acceptors (Lipinski definition) is 4. The van der Waals surface area contributed by atoms with Gasteiger partial charge in [-0.2, -0.15) is 4.72 Å². The van der Waals surface area contributed by atoms with Crippen LogP contribution in [0.4, 0.5) is 0 Å². The van der Waals surface area contributed by atoms with Gasteiger partial charge in [0.25, 0.3) is 0 Å². The minimum Gasteiger partial charge on any atom is -0.480 e. The van der Waals surface area contributed by atoms with Gasteiger partial charge in [-0.3, -0.25) is 9.59 Å². The average molecular weight is 339 g/mol. The molecular weight excluding hydrogens is 318 g/mol. The molecule has 6 nitrogen and oxygen atoms in total. The minimum atomic E-state index is -3.93. The molecule has 7 heteroatoms. The summed E-state index contributed by atoms with van der Waals surface area (Å²) < 4.78 is 27.1. The van der Waals surface area contributed by atoms with Gasteiger partial charge >= 0.3 is 5.97 Å². The molecule has 0 spiro atoms. The van der Waals surface area contributed by atoms with Gasteiger partial charge in [-0.05, 0) is 43.0 Å². The maximum absolute atomic E-state index is 12.4. The van der Waals surface area contributed by atoms with E-state index in [2.05, 4.69) is 4.72 Å². The van der Waals surface area contributed by atoms with Crippen molar-refractivity contribution in [3.05, 3.63) is 29.3 Å². The SMILES string of the molecule is CCCCC(NS(=O)(=O)c1ccc2c(c1)CCCC2=O)C(=O)O. The summed E-state index contributed by atoms with van der Waals surface area (Å²) in [5, 5.41) is 9.17. The molecule has 2 N–H and O–H groups in total. The highest BCUT2D eigenvalue weighted by molar-refractivity contribution is 7.89. The van der Waals surface area contributed by atoms with E-state index in [1.807, 2.05) is 6.92 Å². The molecule has 1 aromatic rings. The van der Waals surface area contributed by atoms with E-state index in [1.165, 1.54) is 18.2 Å². The predicted molar refractivity (Wildman–Crippen MR) is 85.0 cm³/mol. The number of carboxylic acid groups (broad SMARTS) is 1. The summed E-state index contributed by atoms with van der Waals surface area (Å²) in [6.45, 7) is 1.91. The van der Waals surface area contributed by atoms with Gasteiger partial charge in [0.05, 0.1) is 4.90 Å². The number of hydrogen-bond donors (Lipinski definition) is 2. The van der Waals surface area contributed by atoms with Crippen molar-refractivity contribution in [3.8, 4) is 0 Å².